The highest BCUT2D eigenvalue weighted by atomic mass is 33.1. The number of aryl methyl sites for hydroxylation is 1. The molecule has 45 heavy (non-hydrogen) atoms. The Morgan fingerprint density at radius 2 is 1.60 bits per heavy atom. The number of carboxylic acids is 1. The number of fused-ring (bicyclic) bond motifs is 1. The van der Waals surface area contributed by atoms with E-state index in [0.717, 1.165) is 67.9 Å². The Morgan fingerprint density at radius 3 is 2.38 bits per heavy atom. The first-order valence-electron chi connectivity index (χ1n) is 17.6. The zero-order valence-electron chi connectivity index (χ0n) is 27.3. The number of carboxylic acid groups (broad SMARTS) is 1. The van der Waals surface area contributed by atoms with E-state index in [1.807, 2.05) is 27.7 Å². The second-order valence-corrected chi connectivity index (χ2v) is 16.1. The summed E-state index contributed by atoms with van der Waals surface area (Å²) in [4.78, 5) is 12.1. The molecular weight excluding hydrogens is 595 g/mol. The number of benzene rings is 2. The van der Waals surface area contributed by atoms with Gasteiger partial charge in [-0.1, -0.05) is 114 Å². The van der Waals surface area contributed by atoms with Gasteiger partial charge >= 0.3 is 5.97 Å². The number of aliphatic hydroxyl groups is 1. The Kier molecular flexibility index (Phi) is 16.4. The van der Waals surface area contributed by atoms with Crippen molar-refractivity contribution >= 4 is 27.6 Å². The standard InChI is InChI=1S/C39H57NO3S2/c40-23-22-35-19-18-34(15-6-2-5-12-30-10-3-1-4-11-30)38(25-31-13-9-14-32(24-31)27-41)29-45-44-28-37-17-8-7-16-33(37)20-21-36(35)26-39(42)43/h2,6-9,13-14,16-17,24,30,34-36,38,41H,1,3-5,10-12,15,18-23,25-29,40H2,(H,42,43). The molecule has 248 valence electrons. The van der Waals surface area contributed by atoms with Crippen molar-refractivity contribution in [3.05, 3.63) is 82.9 Å². The molecule has 0 amide bonds. The van der Waals surface area contributed by atoms with Crippen LogP contribution in [0.4, 0.5) is 0 Å². The van der Waals surface area contributed by atoms with Crippen molar-refractivity contribution in [3.63, 3.8) is 0 Å². The minimum atomic E-state index is -0.692. The van der Waals surface area contributed by atoms with E-state index in [-0.39, 0.29) is 18.9 Å². The highest BCUT2D eigenvalue weighted by molar-refractivity contribution is 8.76. The first kappa shape index (κ1) is 36.1. The number of carbonyl (C=O) groups is 1. The van der Waals surface area contributed by atoms with E-state index in [9.17, 15) is 15.0 Å². The van der Waals surface area contributed by atoms with Gasteiger partial charge in [0.05, 0.1) is 6.61 Å². The molecule has 4 nitrogen and oxygen atoms in total. The molecule has 0 spiro atoms. The monoisotopic (exact) mass is 651 g/mol. The molecule has 4 atom stereocenters. The lowest BCUT2D eigenvalue weighted by Crippen LogP contribution is -2.25. The average Bonchev–Trinajstić information content (AvgIpc) is 3.05. The van der Waals surface area contributed by atoms with Crippen LogP contribution in [0.25, 0.3) is 0 Å². The van der Waals surface area contributed by atoms with Gasteiger partial charge in [-0.05, 0) is 116 Å². The molecule has 2 aromatic rings. The zero-order chi connectivity index (χ0) is 31.7. The fraction of sp³-hybridized carbons (Fsp3) is 0.615. The lowest BCUT2D eigenvalue weighted by atomic mass is 9.75. The van der Waals surface area contributed by atoms with Crippen LogP contribution in [0.15, 0.2) is 60.7 Å². The molecule has 1 heterocycles. The Balaban J connectivity index is 1.56. The summed E-state index contributed by atoms with van der Waals surface area (Å²) in [6.45, 7) is 0.675. The second kappa shape index (κ2) is 20.5. The van der Waals surface area contributed by atoms with E-state index >= 15 is 0 Å². The Morgan fingerprint density at radius 1 is 0.822 bits per heavy atom. The van der Waals surface area contributed by atoms with Crippen LogP contribution >= 0.6 is 21.6 Å². The molecule has 4 unspecified atom stereocenters. The number of allylic oxidation sites excluding steroid dienone is 2. The van der Waals surface area contributed by atoms with Gasteiger partial charge in [0.2, 0.25) is 0 Å². The fourth-order valence-corrected chi connectivity index (χ4v) is 10.4. The van der Waals surface area contributed by atoms with Gasteiger partial charge in [0, 0.05) is 17.9 Å². The van der Waals surface area contributed by atoms with Crippen LogP contribution in [-0.2, 0) is 30.0 Å². The number of rotatable bonds is 12. The van der Waals surface area contributed by atoms with Crippen molar-refractivity contribution < 1.29 is 15.0 Å². The normalized spacial score (nSPS) is 24.2. The largest absolute Gasteiger partial charge is 0.481 e. The Hall–Kier alpha value is -1.73. The number of aliphatic carboxylic acids is 1. The third-order valence-corrected chi connectivity index (χ3v) is 12.9. The van der Waals surface area contributed by atoms with E-state index in [1.165, 1.54) is 61.6 Å². The Bertz CT molecular complexity index is 1160. The van der Waals surface area contributed by atoms with E-state index in [0.29, 0.717) is 24.3 Å². The summed E-state index contributed by atoms with van der Waals surface area (Å²) in [6, 6.07) is 17.2. The first-order chi connectivity index (χ1) is 22.1. The lowest BCUT2D eigenvalue weighted by molar-refractivity contribution is -0.138. The first-order valence-corrected chi connectivity index (χ1v) is 20.1. The molecule has 0 saturated heterocycles. The van der Waals surface area contributed by atoms with Crippen LogP contribution in [0, 0.1) is 29.6 Å². The third-order valence-electron chi connectivity index (χ3n) is 10.4. The summed E-state index contributed by atoms with van der Waals surface area (Å²) in [5, 5.41) is 19.7. The van der Waals surface area contributed by atoms with Crippen molar-refractivity contribution in [3.8, 4) is 0 Å². The molecule has 0 aromatic heterocycles. The van der Waals surface area contributed by atoms with Crippen LogP contribution in [0.5, 0.6) is 0 Å². The highest BCUT2D eigenvalue weighted by Gasteiger charge is 2.28. The van der Waals surface area contributed by atoms with E-state index in [2.05, 4.69) is 54.6 Å². The molecule has 1 saturated carbocycles. The van der Waals surface area contributed by atoms with E-state index < -0.39 is 5.97 Å². The molecule has 6 heteroatoms. The van der Waals surface area contributed by atoms with Crippen LogP contribution in [-0.4, -0.2) is 28.5 Å². The van der Waals surface area contributed by atoms with Crippen LogP contribution in [0.3, 0.4) is 0 Å². The molecular formula is C39H57NO3S2. The van der Waals surface area contributed by atoms with Gasteiger partial charge in [0.1, 0.15) is 0 Å². The van der Waals surface area contributed by atoms with Crippen molar-refractivity contribution in [2.75, 3.05) is 12.3 Å². The maximum Gasteiger partial charge on any atom is 0.303 e. The van der Waals surface area contributed by atoms with Gasteiger partial charge in [0.15, 0.2) is 0 Å². The minimum absolute atomic E-state index is 0.0708. The Labute approximate surface area is 280 Å². The fourth-order valence-electron chi connectivity index (χ4n) is 7.77. The van der Waals surface area contributed by atoms with E-state index in [1.54, 1.807) is 0 Å². The molecule has 1 aliphatic heterocycles. The molecule has 4 rings (SSSR count). The summed E-state index contributed by atoms with van der Waals surface area (Å²) in [7, 11) is 3.97. The molecule has 2 aliphatic rings. The summed E-state index contributed by atoms with van der Waals surface area (Å²) in [5.74, 6) is 3.73. The number of hydrogen-bond acceptors (Lipinski definition) is 5. The maximum atomic E-state index is 12.1. The summed E-state index contributed by atoms with van der Waals surface area (Å²) >= 11 is 0. The quantitative estimate of drug-likeness (QED) is 0.157. The second-order valence-electron chi connectivity index (χ2n) is 13.6. The maximum absolute atomic E-state index is 12.1. The van der Waals surface area contributed by atoms with Gasteiger partial charge in [-0.2, -0.15) is 0 Å². The van der Waals surface area contributed by atoms with Crippen molar-refractivity contribution in [2.45, 2.75) is 109 Å². The summed E-state index contributed by atoms with van der Waals surface area (Å²) < 4.78 is 0. The van der Waals surface area contributed by atoms with Crippen molar-refractivity contribution in [1.82, 2.24) is 0 Å². The number of aliphatic hydroxyl groups excluding tert-OH is 1. The van der Waals surface area contributed by atoms with Crippen LogP contribution < -0.4 is 5.73 Å². The lowest BCUT2D eigenvalue weighted by Gasteiger charge is -2.31. The predicted molar refractivity (Wildman–Crippen MR) is 193 cm³/mol. The van der Waals surface area contributed by atoms with Crippen molar-refractivity contribution in [1.29, 1.82) is 0 Å². The smallest absolute Gasteiger partial charge is 0.303 e. The molecule has 0 radical (unpaired) electrons. The van der Waals surface area contributed by atoms with Crippen LogP contribution in [0.2, 0.25) is 0 Å². The SMILES string of the molecule is NCCC1CCC(CC=CCCC2CCCCC2)C(Cc2cccc(CO)c2)CSSCc2ccccc2CCC1CC(=O)O. The molecule has 1 aliphatic carbocycles. The molecule has 0 bridgehead atoms. The van der Waals surface area contributed by atoms with Gasteiger partial charge in [0.25, 0.3) is 0 Å². The number of hydrogen-bond donors (Lipinski definition) is 3. The van der Waals surface area contributed by atoms with E-state index in [4.69, 9.17) is 5.73 Å². The van der Waals surface area contributed by atoms with Gasteiger partial charge in [-0.3, -0.25) is 4.79 Å². The van der Waals surface area contributed by atoms with Crippen molar-refractivity contribution in [2.24, 2.45) is 35.3 Å². The zero-order valence-corrected chi connectivity index (χ0v) is 28.9. The molecule has 2 aromatic carbocycles. The summed E-state index contributed by atoms with van der Waals surface area (Å²) in [6.07, 6.45) is 21.6. The number of nitrogens with two attached hydrogens (primary N) is 1. The van der Waals surface area contributed by atoms with Crippen LogP contribution in [0.1, 0.15) is 106 Å². The topological polar surface area (TPSA) is 83.5 Å². The minimum Gasteiger partial charge on any atom is -0.481 e. The van der Waals surface area contributed by atoms with Gasteiger partial charge < -0.3 is 15.9 Å². The molecule has 1 fully saturated rings. The predicted octanol–water partition coefficient (Wildman–Crippen LogP) is 9.62. The third kappa shape index (κ3) is 12.8. The average molecular weight is 652 g/mol. The van der Waals surface area contributed by atoms with Gasteiger partial charge in [-0.25, -0.2) is 0 Å². The molecule has 4 N–H and O–H groups in total. The highest BCUT2D eigenvalue weighted by Crippen LogP contribution is 2.39. The van der Waals surface area contributed by atoms with Gasteiger partial charge in [-0.15, -0.1) is 0 Å². The summed E-state index contributed by atoms with van der Waals surface area (Å²) in [5.41, 5.74) is 11.2.